The van der Waals surface area contributed by atoms with Gasteiger partial charge in [-0.2, -0.15) is 11.8 Å². The molecule has 5 nitrogen and oxygen atoms in total. The van der Waals surface area contributed by atoms with E-state index in [4.69, 9.17) is 11.5 Å². The topological polar surface area (TPSA) is 89.4 Å². The molecule has 1 heterocycles. The van der Waals surface area contributed by atoms with Crippen molar-refractivity contribution in [2.24, 2.45) is 11.5 Å². The van der Waals surface area contributed by atoms with Crippen molar-refractivity contribution in [3.05, 3.63) is 35.4 Å². The predicted molar refractivity (Wildman–Crippen MR) is 84.7 cm³/mol. The number of fused-ring (bicyclic) bond motifs is 1. The second-order valence-corrected chi connectivity index (χ2v) is 6.23. The number of carbonyl (C=O) groups excluding carboxylic acids is 2. The van der Waals surface area contributed by atoms with Crippen LogP contribution in [-0.4, -0.2) is 40.8 Å². The molecule has 21 heavy (non-hydrogen) atoms. The zero-order valence-electron chi connectivity index (χ0n) is 12.1. The zero-order valence-corrected chi connectivity index (χ0v) is 12.9. The molecule has 0 saturated heterocycles. The van der Waals surface area contributed by atoms with Crippen molar-refractivity contribution >= 4 is 23.6 Å². The summed E-state index contributed by atoms with van der Waals surface area (Å²) in [5.74, 6) is 0.149. The van der Waals surface area contributed by atoms with Crippen LogP contribution < -0.4 is 11.5 Å². The van der Waals surface area contributed by atoms with Crippen LogP contribution in [0.25, 0.3) is 0 Å². The minimum absolute atomic E-state index is 0.192. The highest BCUT2D eigenvalue weighted by Gasteiger charge is 2.35. The SMILES string of the molecule is CSCC[C@@H](N)C(=O)N1Cc2ccccc2C[C@H]1C(N)=O. The van der Waals surface area contributed by atoms with Gasteiger partial charge in [0.25, 0.3) is 0 Å². The first-order valence-corrected chi connectivity index (χ1v) is 8.35. The molecule has 0 aromatic heterocycles. The van der Waals surface area contributed by atoms with Crippen LogP contribution in [0.15, 0.2) is 24.3 Å². The van der Waals surface area contributed by atoms with Gasteiger partial charge in [-0.1, -0.05) is 24.3 Å². The molecule has 0 saturated carbocycles. The molecule has 0 radical (unpaired) electrons. The van der Waals surface area contributed by atoms with E-state index in [2.05, 4.69) is 0 Å². The quantitative estimate of drug-likeness (QED) is 0.829. The highest BCUT2D eigenvalue weighted by Crippen LogP contribution is 2.24. The fourth-order valence-electron chi connectivity index (χ4n) is 2.59. The molecule has 6 heteroatoms. The van der Waals surface area contributed by atoms with E-state index in [9.17, 15) is 9.59 Å². The monoisotopic (exact) mass is 307 g/mol. The van der Waals surface area contributed by atoms with Crippen LogP contribution in [0.4, 0.5) is 0 Å². The highest BCUT2D eigenvalue weighted by molar-refractivity contribution is 7.98. The van der Waals surface area contributed by atoms with Gasteiger partial charge in [-0.15, -0.1) is 0 Å². The molecule has 4 N–H and O–H groups in total. The zero-order chi connectivity index (χ0) is 15.4. The lowest BCUT2D eigenvalue weighted by Crippen LogP contribution is -2.55. The lowest BCUT2D eigenvalue weighted by molar-refractivity contribution is -0.141. The fourth-order valence-corrected chi connectivity index (χ4v) is 3.08. The van der Waals surface area contributed by atoms with Crippen molar-refractivity contribution < 1.29 is 9.59 Å². The molecule has 0 aliphatic carbocycles. The first-order chi connectivity index (χ1) is 10.0. The number of nitrogens with zero attached hydrogens (tertiary/aromatic N) is 1. The smallest absolute Gasteiger partial charge is 0.240 e. The maximum absolute atomic E-state index is 12.5. The first kappa shape index (κ1) is 15.9. The standard InChI is InChI=1S/C15H21N3O2S/c1-21-7-6-12(16)15(20)18-9-11-5-3-2-4-10(11)8-13(18)14(17)19/h2-5,12-13H,6-9,16H2,1H3,(H2,17,19)/t12-,13+/m1/s1. The van der Waals surface area contributed by atoms with Crippen molar-refractivity contribution in [2.75, 3.05) is 12.0 Å². The largest absolute Gasteiger partial charge is 0.368 e. The number of hydrogen-bond donors (Lipinski definition) is 2. The molecule has 2 rings (SSSR count). The van der Waals surface area contributed by atoms with E-state index >= 15 is 0 Å². The van der Waals surface area contributed by atoms with Gasteiger partial charge < -0.3 is 16.4 Å². The van der Waals surface area contributed by atoms with Crippen LogP contribution in [0.5, 0.6) is 0 Å². The molecule has 1 aromatic rings. The molecular formula is C15H21N3O2S. The molecule has 114 valence electrons. The molecule has 1 aliphatic rings. The molecule has 1 aliphatic heterocycles. The van der Waals surface area contributed by atoms with Crippen molar-refractivity contribution in [2.45, 2.75) is 31.5 Å². The number of hydrogen-bond acceptors (Lipinski definition) is 4. The first-order valence-electron chi connectivity index (χ1n) is 6.95. The van der Waals surface area contributed by atoms with E-state index in [0.717, 1.165) is 16.9 Å². The number of amides is 2. The maximum atomic E-state index is 12.5. The number of benzene rings is 1. The van der Waals surface area contributed by atoms with E-state index in [1.54, 1.807) is 11.8 Å². The molecule has 1 aromatic carbocycles. The summed E-state index contributed by atoms with van der Waals surface area (Å²) in [6.45, 7) is 0.398. The summed E-state index contributed by atoms with van der Waals surface area (Å²) in [5.41, 5.74) is 13.6. The van der Waals surface area contributed by atoms with Gasteiger partial charge in [0.2, 0.25) is 11.8 Å². The third kappa shape index (κ3) is 3.57. The number of primary amides is 1. The van der Waals surface area contributed by atoms with Crippen LogP contribution in [0.3, 0.4) is 0 Å². The van der Waals surface area contributed by atoms with Crippen molar-refractivity contribution in [3.63, 3.8) is 0 Å². The van der Waals surface area contributed by atoms with Crippen molar-refractivity contribution in [1.82, 2.24) is 4.90 Å². The summed E-state index contributed by atoms with van der Waals surface area (Å²) in [5, 5.41) is 0. The van der Waals surface area contributed by atoms with Gasteiger partial charge in [-0.3, -0.25) is 9.59 Å². The number of carbonyl (C=O) groups is 2. The van der Waals surface area contributed by atoms with Gasteiger partial charge in [-0.25, -0.2) is 0 Å². The van der Waals surface area contributed by atoms with Gasteiger partial charge in [-0.05, 0) is 29.6 Å². The van der Waals surface area contributed by atoms with E-state index in [1.807, 2.05) is 30.5 Å². The van der Waals surface area contributed by atoms with Crippen LogP contribution >= 0.6 is 11.8 Å². The summed E-state index contributed by atoms with van der Waals surface area (Å²) in [6, 6.07) is 6.62. The maximum Gasteiger partial charge on any atom is 0.240 e. The third-order valence-electron chi connectivity index (χ3n) is 3.81. The van der Waals surface area contributed by atoms with Gasteiger partial charge in [0.05, 0.1) is 6.04 Å². The highest BCUT2D eigenvalue weighted by atomic mass is 32.2. The predicted octanol–water partition coefficient (Wildman–Crippen LogP) is 0.506. The number of nitrogens with two attached hydrogens (primary N) is 2. The third-order valence-corrected chi connectivity index (χ3v) is 4.45. The average Bonchev–Trinajstić information content (AvgIpc) is 2.50. The summed E-state index contributed by atoms with van der Waals surface area (Å²) in [4.78, 5) is 25.7. The molecule has 0 unspecified atom stereocenters. The average molecular weight is 307 g/mol. The van der Waals surface area contributed by atoms with Gasteiger partial charge in [0.1, 0.15) is 6.04 Å². The second kappa shape index (κ2) is 6.95. The van der Waals surface area contributed by atoms with E-state index in [1.165, 1.54) is 4.90 Å². The summed E-state index contributed by atoms with van der Waals surface area (Å²) in [7, 11) is 0. The molecule has 2 atom stereocenters. The summed E-state index contributed by atoms with van der Waals surface area (Å²) in [6.07, 6.45) is 3.04. The molecule has 0 bridgehead atoms. The van der Waals surface area contributed by atoms with E-state index in [-0.39, 0.29) is 5.91 Å². The Morgan fingerprint density at radius 1 is 1.38 bits per heavy atom. The fraction of sp³-hybridized carbons (Fsp3) is 0.467. The molecule has 0 fully saturated rings. The van der Waals surface area contributed by atoms with Gasteiger partial charge in [0.15, 0.2) is 0 Å². The Hall–Kier alpha value is -1.53. The Bertz CT molecular complexity index is 535. The molecule has 2 amide bonds. The Labute approximate surface area is 129 Å². The van der Waals surface area contributed by atoms with Gasteiger partial charge in [0, 0.05) is 13.0 Å². The Kier molecular flexibility index (Phi) is 5.25. The van der Waals surface area contributed by atoms with Crippen LogP contribution in [0.1, 0.15) is 17.5 Å². The van der Waals surface area contributed by atoms with Crippen molar-refractivity contribution in [3.8, 4) is 0 Å². The van der Waals surface area contributed by atoms with Crippen LogP contribution in [0.2, 0.25) is 0 Å². The molecular weight excluding hydrogens is 286 g/mol. The minimum Gasteiger partial charge on any atom is -0.368 e. The Balaban J connectivity index is 2.20. The van der Waals surface area contributed by atoms with Crippen molar-refractivity contribution in [1.29, 1.82) is 0 Å². The summed E-state index contributed by atoms with van der Waals surface area (Å²) < 4.78 is 0. The number of thioether (sulfide) groups is 1. The number of rotatable bonds is 5. The van der Waals surface area contributed by atoms with E-state index < -0.39 is 18.0 Å². The Morgan fingerprint density at radius 3 is 2.67 bits per heavy atom. The van der Waals surface area contributed by atoms with Gasteiger partial charge >= 0.3 is 0 Å². The molecule has 0 spiro atoms. The second-order valence-electron chi connectivity index (χ2n) is 5.25. The summed E-state index contributed by atoms with van der Waals surface area (Å²) >= 11 is 1.65. The van der Waals surface area contributed by atoms with Crippen LogP contribution in [-0.2, 0) is 22.6 Å². The lowest BCUT2D eigenvalue weighted by atomic mass is 9.93. The van der Waals surface area contributed by atoms with Crippen LogP contribution in [0, 0.1) is 0 Å². The Morgan fingerprint density at radius 2 is 2.05 bits per heavy atom. The van der Waals surface area contributed by atoms with E-state index in [0.29, 0.717) is 19.4 Å². The lowest BCUT2D eigenvalue weighted by Gasteiger charge is -2.36. The minimum atomic E-state index is -0.604. The normalized spacial score (nSPS) is 19.0.